The van der Waals surface area contributed by atoms with Crippen LogP contribution >= 0.6 is 0 Å². The Morgan fingerprint density at radius 1 is 1.29 bits per heavy atom. The summed E-state index contributed by atoms with van der Waals surface area (Å²) in [6.07, 6.45) is 5.90. The monoisotopic (exact) mass is 386 g/mol. The van der Waals surface area contributed by atoms with Gasteiger partial charge < -0.3 is 19.7 Å². The van der Waals surface area contributed by atoms with Gasteiger partial charge in [0, 0.05) is 32.4 Å². The molecule has 0 aromatic heterocycles. The van der Waals surface area contributed by atoms with E-state index in [1.807, 2.05) is 29.2 Å². The molecule has 1 N–H and O–H groups in total. The van der Waals surface area contributed by atoms with Crippen LogP contribution in [0.2, 0.25) is 0 Å². The van der Waals surface area contributed by atoms with Gasteiger partial charge in [-0.15, -0.1) is 0 Å². The first kappa shape index (κ1) is 19.4. The molecule has 1 aliphatic carbocycles. The van der Waals surface area contributed by atoms with Crippen molar-refractivity contribution in [2.24, 2.45) is 0 Å². The molecule has 2 fully saturated rings. The van der Waals surface area contributed by atoms with Crippen LogP contribution in [0.5, 0.6) is 0 Å². The minimum atomic E-state index is -0.450. The number of benzene rings is 1. The largest absolute Gasteiger partial charge is 0.383 e. The Morgan fingerprint density at radius 3 is 2.79 bits per heavy atom. The molecule has 1 saturated heterocycles. The number of rotatable bonds is 6. The Balaban J connectivity index is 1.73. The van der Waals surface area contributed by atoms with Crippen molar-refractivity contribution in [2.45, 2.75) is 56.1 Å². The van der Waals surface area contributed by atoms with E-state index in [9.17, 15) is 9.59 Å². The first-order valence-electron chi connectivity index (χ1n) is 10.5. The molecule has 0 unspecified atom stereocenters. The third-order valence-electron chi connectivity index (χ3n) is 6.57. The van der Waals surface area contributed by atoms with Crippen molar-refractivity contribution in [3.8, 4) is 0 Å². The van der Waals surface area contributed by atoms with Crippen molar-refractivity contribution in [1.29, 1.82) is 0 Å². The Morgan fingerprint density at radius 2 is 2.07 bits per heavy atom. The normalized spacial score (nSPS) is 25.9. The van der Waals surface area contributed by atoms with E-state index in [0.29, 0.717) is 25.3 Å². The van der Waals surface area contributed by atoms with Crippen LogP contribution in [-0.4, -0.2) is 61.8 Å². The molecule has 152 valence electrons. The van der Waals surface area contributed by atoms with E-state index >= 15 is 0 Å². The SMILES string of the molecule is COCCNC(=O)[C@H]1c2ccccc2C(=O)N(C[C@@H]2CCCO2)C12CCCC2. The van der Waals surface area contributed by atoms with E-state index in [-0.39, 0.29) is 23.8 Å². The second-order valence-electron chi connectivity index (χ2n) is 8.17. The van der Waals surface area contributed by atoms with Crippen molar-refractivity contribution in [3.05, 3.63) is 35.4 Å². The zero-order valence-electron chi connectivity index (χ0n) is 16.6. The quantitative estimate of drug-likeness (QED) is 0.763. The lowest BCUT2D eigenvalue weighted by molar-refractivity contribution is -0.127. The van der Waals surface area contributed by atoms with Crippen molar-refractivity contribution >= 4 is 11.8 Å². The van der Waals surface area contributed by atoms with Gasteiger partial charge in [-0.2, -0.15) is 0 Å². The maximum atomic E-state index is 13.5. The molecule has 2 heterocycles. The van der Waals surface area contributed by atoms with Crippen LogP contribution in [0.3, 0.4) is 0 Å². The molecule has 2 aliphatic heterocycles. The molecule has 3 aliphatic rings. The van der Waals surface area contributed by atoms with Gasteiger partial charge in [-0.1, -0.05) is 31.0 Å². The topological polar surface area (TPSA) is 67.9 Å². The number of carbonyl (C=O) groups is 2. The van der Waals surface area contributed by atoms with E-state index in [1.54, 1.807) is 7.11 Å². The molecule has 2 amide bonds. The molecule has 1 saturated carbocycles. The maximum Gasteiger partial charge on any atom is 0.254 e. The fourth-order valence-electron chi connectivity index (χ4n) is 5.30. The lowest BCUT2D eigenvalue weighted by atomic mass is 9.71. The van der Waals surface area contributed by atoms with E-state index < -0.39 is 5.54 Å². The Kier molecular flexibility index (Phi) is 5.69. The zero-order chi connectivity index (χ0) is 19.6. The van der Waals surface area contributed by atoms with Gasteiger partial charge in [0.25, 0.3) is 5.91 Å². The summed E-state index contributed by atoms with van der Waals surface area (Å²) in [6.45, 7) is 2.29. The lowest BCUT2D eigenvalue weighted by Gasteiger charge is -2.50. The highest BCUT2D eigenvalue weighted by atomic mass is 16.5. The molecule has 0 radical (unpaired) electrons. The van der Waals surface area contributed by atoms with Gasteiger partial charge in [-0.3, -0.25) is 9.59 Å². The Labute approximate surface area is 166 Å². The standard InChI is InChI=1S/C22H30N2O4/c1-27-14-12-23-20(25)19-17-8-2-3-9-18(17)21(26)24(15-16-7-6-13-28-16)22(19)10-4-5-11-22/h2-3,8-9,16,19H,4-7,10-15H2,1H3,(H,23,25)/t16-,19+/m0/s1. The summed E-state index contributed by atoms with van der Waals surface area (Å²) in [5.41, 5.74) is 1.08. The average molecular weight is 386 g/mol. The van der Waals surface area contributed by atoms with Gasteiger partial charge in [-0.05, 0) is 37.3 Å². The van der Waals surface area contributed by atoms with Crippen LogP contribution in [0.15, 0.2) is 24.3 Å². The van der Waals surface area contributed by atoms with Gasteiger partial charge in [0.15, 0.2) is 0 Å². The number of fused-ring (bicyclic) bond motifs is 1. The van der Waals surface area contributed by atoms with Crippen LogP contribution in [0.1, 0.15) is 60.4 Å². The van der Waals surface area contributed by atoms with Gasteiger partial charge >= 0.3 is 0 Å². The molecule has 6 nitrogen and oxygen atoms in total. The predicted octanol–water partition coefficient (Wildman–Crippen LogP) is 2.48. The number of nitrogens with zero attached hydrogens (tertiary/aromatic N) is 1. The third-order valence-corrected chi connectivity index (χ3v) is 6.57. The highest BCUT2D eigenvalue weighted by Gasteiger charge is 2.55. The number of methoxy groups -OCH3 is 1. The smallest absolute Gasteiger partial charge is 0.254 e. The predicted molar refractivity (Wildman–Crippen MR) is 105 cm³/mol. The fourth-order valence-corrected chi connectivity index (χ4v) is 5.30. The summed E-state index contributed by atoms with van der Waals surface area (Å²) in [7, 11) is 1.63. The molecule has 6 heteroatoms. The van der Waals surface area contributed by atoms with Crippen LogP contribution in [0.4, 0.5) is 0 Å². The summed E-state index contributed by atoms with van der Waals surface area (Å²) in [5.74, 6) is -0.299. The van der Waals surface area contributed by atoms with Crippen LogP contribution in [0.25, 0.3) is 0 Å². The zero-order valence-corrected chi connectivity index (χ0v) is 16.6. The fraction of sp³-hybridized carbons (Fsp3) is 0.636. The molecule has 1 aromatic rings. The van der Waals surface area contributed by atoms with E-state index in [2.05, 4.69) is 5.32 Å². The van der Waals surface area contributed by atoms with Gasteiger partial charge in [-0.25, -0.2) is 0 Å². The number of carbonyl (C=O) groups excluding carboxylic acids is 2. The number of hydrogen-bond donors (Lipinski definition) is 1. The van der Waals surface area contributed by atoms with Crippen molar-refractivity contribution in [3.63, 3.8) is 0 Å². The molecule has 0 bridgehead atoms. The second-order valence-corrected chi connectivity index (χ2v) is 8.17. The van der Waals surface area contributed by atoms with E-state index in [0.717, 1.165) is 50.7 Å². The Bertz CT molecular complexity index is 723. The van der Waals surface area contributed by atoms with Gasteiger partial charge in [0.2, 0.25) is 5.91 Å². The van der Waals surface area contributed by atoms with Gasteiger partial charge in [0.05, 0.1) is 24.2 Å². The number of amides is 2. The minimum absolute atomic E-state index is 0.00348. The summed E-state index contributed by atoms with van der Waals surface area (Å²) < 4.78 is 11.0. The molecule has 28 heavy (non-hydrogen) atoms. The van der Waals surface area contributed by atoms with Gasteiger partial charge in [0.1, 0.15) is 0 Å². The summed E-state index contributed by atoms with van der Waals surface area (Å²) in [5, 5.41) is 3.04. The second kappa shape index (κ2) is 8.21. The van der Waals surface area contributed by atoms with Crippen molar-refractivity contribution in [1.82, 2.24) is 10.2 Å². The molecular formula is C22H30N2O4. The van der Waals surface area contributed by atoms with Crippen molar-refractivity contribution in [2.75, 3.05) is 33.4 Å². The first-order chi connectivity index (χ1) is 13.7. The molecular weight excluding hydrogens is 356 g/mol. The third kappa shape index (κ3) is 3.33. The van der Waals surface area contributed by atoms with Crippen LogP contribution in [-0.2, 0) is 14.3 Å². The summed E-state index contributed by atoms with van der Waals surface area (Å²) in [4.78, 5) is 28.9. The highest BCUT2D eigenvalue weighted by molar-refractivity contribution is 6.02. The summed E-state index contributed by atoms with van der Waals surface area (Å²) in [6, 6.07) is 7.63. The molecule has 1 aromatic carbocycles. The lowest BCUT2D eigenvalue weighted by Crippen LogP contribution is -2.62. The van der Waals surface area contributed by atoms with E-state index in [1.165, 1.54) is 0 Å². The number of hydrogen-bond acceptors (Lipinski definition) is 4. The van der Waals surface area contributed by atoms with Crippen molar-refractivity contribution < 1.29 is 19.1 Å². The molecule has 1 spiro atoms. The van der Waals surface area contributed by atoms with Crippen LogP contribution in [0, 0.1) is 0 Å². The number of ether oxygens (including phenoxy) is 2. The first-order valence-corrected chi connectivity index (χ1v) is 10.5. The van der Waals surface area contributed by atoms with E-state index in [4.69, 9.17) is 9.47 Å². The summed E-state index contributed by atoms with van der Waals surface area (Å²) >= 11 is 0. The minimum Gasteiger partial charge on any atom is -0.383 e. The Hall–Kier alpha value is -1.92. The van der Waals surface area contributed by atoms with Crippen LogP contribution < -0.4 is 5.32 Å². The molecule has 2 atom stereocenters. The number of nitrogens with one attached hydrogen (secondary N) is 1. The molecule has 4 rings (SSSR count). The highest BCUT2D eigenvalue weighted by Crippen LogP contribution is 2.50. The maximum absolute atomic E-state index is 13.5. The average Bonchev–Trinajstić information content (AvgIpc) is 3.38.